The molecule has 8 nitrogen and oxygen atoms in total. The van der Waals surface area contributed by atoms with Crippen molar-refractivity contribution >= 4 is 29.9 Å². The van der Waals surface area contributed by atoms with Crippen LogP contribution in [0.5, 0.6) is 0 Å². The molecule has 0 aromatic carbocycles. The Morgan fingerprint density at radius 2 is 1.56 bits per heavy atom. The molecule has 0 bridgehead atoms. The van der Waals surface area contributed by atoms with Crippen LogP contribution in [0.25, 0.3) is 0 Å². The third-order valence-corrected chi connectivity index (χ3v) is 6.07. The van der Waals surface area contributed by atoms with E-state index in [1.165, 1.54) is 0 Å². The number of guanidine groups is 1. The summed E-state index contributed by atoms with van der Waals surface area (Å²) in [5.74, 6) is 3.42. The Bertz CT molecular complexity index is 672. The molecule has 3 rings (SSSR count). The van der Waals surface area contributed by atoms with E-state index in [1.807, 2.05) is 20.0 Å². The molecule has 0 amide bonds. The lowest BCUT2D eigenvalue weighted by atomic mass is 10.0. The lowest BCUT2D eigenvalue weighted by molar-refractivity contribution is 0.0120. The van der Waals surface area contributed by atoms with Crippen LogP contribution in [0.15, 0.2) is 21.5 Å². The van der Waals surface area contributed by atoms with Gasteiger partial charge in [0.15, 0.2) is 5.96 Å². The maximum absolute atomic E-state index is 5.98. The summed E-state index contributed by atoms with van der Waals surface area (Å²) in [6, 6.07) is 4.76. The fourth-order valence-electron chi connectivity index (χ4n) is 4.41. The largest absolute Gasteiger partial charge is 0.465 e. The van der Waals surface area contributed by atoms with Gasteiger partial charge in [0.1, 0.15) is 11.5 Å². The molecule has 0 radical (unpaired) electrons. The van der Waals surface area contributed by atoms with E-state index < -0.39 is 0 Å². The first-order chi connectivity index (χ1) is 15.1. The predicted molar refractivity (Wildman–Crippen MR) is 139 cm³/mol. The van der Waals surface area contributed by atoms with Crippen molar-refractivity contribution in [2.75, 3.05) is 72.7 Å². The van der Waals surface area contributed by atoms with E-state index in [9.17, 15) is 0 Å². The molecular weight excluding hydrogens is 521 g/mol. The van der Waals surface area contributed by atoms with Gasteiger partial charge in [-0.3, -0.25) is 14.8 Å². The number of nitrogens with zero attached hydrogens (tertiary/aromatic N) is 3. The van der Waals surface area contributed by atoms with Gasteiger partial charge in [-0.1, -0.05) is 13.8 Å². The molecule has 1 aromatic heterocycles. The first-order valence-corrected chi connectivity index (χ1v) is 11.7. The number of aryl methyl sites for hydroxylation is 1. The van der Waals surface area contributed by atoms with Gasteiger partial charge < -0.3 is 24.5 Å². The van der Waals surface area contributed by atoms with Crippen molar-refractivity contribution in [1.82, 2.24) is 20.4 Å². The number of furan rings is 1. The second-order valence-corrected chi connectivity index (χ2v) is 8.88. The maximum atomic E-state index is 5.98. The quantitative estimate of drug-likeness (QED) is 0.272. The summed E-state index contributed by atoms with van der Waals surface area (Å²) in [7, 11) is 1.84. The van der Waals surface area contributed by atoms with Crippen LogP contribution in [0.2, 0.25) is 0 Å². The van der Waals surface area contributed by atoms with Crippen LogP contribution < -0.4 is 10.6 Å². The van der Waals surface area contributed by atoms with Crippen molar-refractivity contribution in [1.29, 1.82) is 0 Å². The van der Waals surface area contributed by atoms with Gasteiger partial charge in [-0.2, -0.15) is 0 Å². The zero-order valence-corrected chi connectivity index (χ0v) is 22.5. The Kier molecular flexibility index (Phi) is 12.3. The van der Waals surface area contributed by atoms with Crippen LogP contribution in [0.3, 0.4) is 0 Å². The number of nitrogens with one attached hydrogen (secondary N) is 2. The molecule has 0 saturated carbocycles. The maximum Gasteiger partial charge on any atom is 0.191 e. The Hall–Kier alpha value is -0.880. The molecule has 2 fully saturated rings. The van der Waals surface area contributed by atoms with E-state index in [0.717, 1.165) is 89.6 Å². The summed E-state index contributed by atoms with van der Waals surface area (Å²) in [6.45, 7) is 15.2. The topological polar surface area (TPSA) is 74.5 Å². The lowest BCUT2D eigenvalue weighted by Crippen LogP contribution is -2.52. The number of morpholine rings is 2. The molecule has 0 aliphatic carbocycles. The monoisotopic (exact) mass is 563 g/mol. The van der Waals surface area contributed by atoms with E-state index in [2.05, 4.69) is 45.3 Å². The van der Waals surface area contributed by atoms with Crippen LogP contribution in [0.4, 0.5) is 0 Å². The van der Waals surface area contributed by atoms with Gasteiger partial charge in [0.2, 0.25) is 0 Å². The van der Waals surface area contributed by atoms with Gasteiger partial charge in [-0.05, 0) is 31.4 Å². The average Bonchev–Trinajstić information content (AvgIpc) is 3.22. The van der Waals surface area contributed by atoms with Crippen molar-refractivity contribution in [3.05, 3.63) is 23.7 Å². The van der Waals surface area contributed by atoms with E-state index in [4.69, 9.17) is 13.9 Å². The second-order valence-electron chi connectivity index (χ2n) is 8.88. The summed E-state index contributed by atoms with van der Waals surface area (Å²) in [4.78, 5) is 9.45. The second kappa shape index (κ2) is 14.4. The lowest BCUT2D eigenvalue weighted by Gasteiger charge is -2.36. The summed E-state index contributed by atoms with van der Waals surface area (Å²) in [6.07, 6.45) is 1.16. The fourth-order valence-corrected chi connectivity index (χ4v) is 4.41. The highest BCUT2D eigenvalue weighted by atomic mass is 127. The SMILES string of the molecule is CN=C(NCC(CC(C)C)N1CCOCC1)NCC(c1ccc(C)o1)N1CCOCC1.I. The van der Waals surface area contributed by atoms with Crippen molar-refractivity contribution in [2.45, 2.75) is 39.3 Å². The minimum atomic E-state index is 0. The number of rotatable bonds is 9. The highest BCUT2D eigenvalue weighted by Crippen LogP contribution is 2.23. The average molecular weight is 564 g/mol. The standard InChI is InChI=1S/C23H41N5O3.HI/c1-18(2)15-20(27-7-11-29-12-8-27)16-25-23(24-4)26-17-21(22-6-5-19(3)31-22)28-9-13-30-14-10-28;/h5-6,18,20-21H,7-17H2,1-4H3,(H2,24,25,26);1H. The summed E-state index contributed by atoms with van der Waals surface area (Å²) >= 11 is 0. The Balaban J connectivity index is 0.00000363. The minimum Gasteiger partial charge on any atom is -0.465 e. The zero-order valence-electron chi connectivity index (χ0n) is 20.1. The van der Waals surface area contributed by atoms with Crippen LogP contribution in [-0.2, 0) is 9.47 Å². The first kappa shape index (κ1) is 27.4. The summed E-state index contributed by atoms with van der Waals surface area (Å²) in [5.41, 5.74) is 0. The van der Waals surface area contributed by atoms with Crippen molar-refractivity contribution in [3.8, 4) is 0 Å². The van der Waals surface area contributed by atoms with Crippen LogP contribution in [0.1, 0.15) is 37.8 Å². The number of hydrogen-bond donors (Lipinski definition) is 2. The molecule has 32 heavy (non-hydrogen) atoms. The molecule has 9 heteroatoms. The highest BCUT2D eigenvalue weighted by Gasteiger charge is 2.26. The van der Waals surface area contributed by atoms with Gasteiger partial charge in [0.25, 0.3) is 0 Å². The Labute approximate surface area is 210 Å². The third kappa shape index (κ3) is 8.48. The summed E-state index contributed by atoms with van der Waals surface area (Å²) < 4.78 is 17.1. The molecule has 2 atom stereocenters. The normalized spacial score (nSPS) is 20.6. The predicted octanol–water partition coefficient (Wildman–Crippen LogP) is 2.49. The molecule has 0 spiro atoms. The molecule has 2 unspecified atom stereocenters. The molecule has 1 aromatic rings. The molecule has 184 valence electrons. The van der Waals surface area contributed by atoms with E-state index in [0.29, 0.717) is 12.0 Å². The number of hydrogen-bond acceptors (Lipinski definition) is 6. The van der Waals surface area contributed by atoms with Crippen molar-refractivity contribution < 1.29 is 13.9 Å². The minimum absolute atomic E-state index is 0. The number of halogens is 1. The molecule has 3 heterocycles. The van der Waals surface area contributed by atoms with Gasteiger partial charge in [-0.25, -0.2) is 0 Å². The third-order valence-electron chi connectivity index (χ3n) is 6.07. The first-order valence-electron chi connectivity index (χ1n) is 11.7. The van der Waals surface area contributed by atoms with Crippen LogP contribution in [-0.4, -0.2) is 94.5 Å². The zero-order chi connectivity index (χ0) is 22.1. The van der Waals surface area contributed by atoms with Gasteiger partial charge >= 0.3 is 0 Å². The number of aliphatic imine (C=N–C) groups is 1. The van der Waals surface area contributed by atoms with Crippen LogP contribution >= 0.6 is 24.0 Å². The van der Waals surface area contributed by atoms with Crippen molar-refractivity contribution in [2.24, 2.45) is 10.9 Å². The van der Waals surface area contributed by atoms with Gasteiger partial charge in [-0.15, -0.1) is 24.0 Å². The highest BCUT2D eigenvalue weighted by molar-refractivity contribution is 14.0. The van der Waals surface area contributed by atoms with E-state index in [1.54, 1.807) is 0 Å². The van der Waals surface area contributed by atoms with Gasteiger partial charge in [0, 0.05) is 52.4 Å². The fraction of sp³-hybridized carbons (Fsp3) is 0.783. The molecular formula is C23H42IN5O3. The molecule has 2 N–H and O–H groups in total. The smallest absolute Gasteiger partial charge is 0.191 e. The van der Waals surface area contributed by atoms with E-state index in [-0.39, 0.29) is 30.0 Å². The molecule has 2 saturated heterocycles. The van der Waals surface area contributed by atoms with Crippen LogP contribution in [0, 0.1) is 12.8 Å². The van der Waals surface area contributed by atoms with Gasteiger partial charge in [0.05, 0.1) is 32.5 Å². The number of ether oxygens (including phenoxy) is 2. The van der Waals surface area contributed by atoms with Crippen molar-refractivity contribution in [3.63, 3.8) is 0 Å². The Morgan fingerprint density at radius 1 is 0.969 bits per heavy atom. The summed E-state index contributed by atoms with van der Waals surface area (Å²) in [5, 5.41) is 7.11. The molecule has 2 aliphatic rings. The molecule has 2 aliphatic heterocycles. The Morgan fingerprint density at radius 3 is 2.09 bits per heavy atom. The van der Waals surface area contributed by atoms with E-state index >= 15 is 0 Å².